The van der Waals surface area contributed by atoms with Crippen LogP contribution in [-0.4, -0.2) is 24.2 Å². The molecule has 0 bridgehead atoms. The molecule has 92 valence electrons. The van der Waals surface area contributed by atoms with Gasteiger partial charge in [0.25, 0.3) is 5.91 Å². The van der Waals surface area contributed by atoms with Gasteiger partial charge in [-0.2, -0.15) is 0 Å². The van der Waals surface area contributed by atoms with Crippen molar-refractivity contribution in [2.24, 2.45) is 5.84 Å². The lowest BCUT2D eigenvalue weighted by Crippen LogP contribution is -2.31. The van der Waals surface area contributed by atoms with E-state index in [0.717, 1.165) is 0 Å². The second kappa shape index (κ2) is 4.62. The van der Waals surface area contributed by atoms with Gasteiger partial charge in [-0.25, -0.2) is 5.84 Å². The molecular weight excluding hydrogens is 244 g/mol. The highest BCUT2D eigenvalue weighted by Crippen LogP contribution is 2.32. The van der Waals surface area contributed by atoms with E-state index in [1.54, 1.807) is 18.2 Å². The van der Waals surface area contributed by atoms with Crippen LogP contribution in [0.3, 0.4) is 0 Å². The quantitative estimate of drug-likeness (QED) is 0.410. The van der Waals surface area contributed by atoms with Crippen molar-refractivity contribution in [3.05, 3.63) is 34.3 Å². The number of ether oxygens (including phenoxy) is 1. The third-order valence-corrected chi connectivity index (χ3v) is 3.21. The van der Waals surface area contributed by atoms with Crippen molar-refractivity contribution in [1.29, 1.82) is 0 Å². The van der Waals surface area contributed by atoms with Crippen LogP contribution in [0.5, 0.6) is 0 Å². The maximum absolute atomic E-state index is 11.5. The lowest BCUT2D eigenvalue weighted by Gasteiger charge is -2.21. The largest absolute Gasteiger partial charge is 0.383 e. The van der Waals surface area contributed by atoms with Crippen molar-refractivity contribution < 1.29 is 14.6 Å². The second-order valence-electron chi connectivity index (χ2n) is 4.00. The Balaban J connectivity index is 2.40. The number of rotatable bonds is 2. The Morgan fingerprint density at radius 1 is 1.59 bits per heavy atom. The summed E-state index contributed by atoms with van der Waals surface area (Å²) in [6, 6.07) is 4.79. The Labute approximate surface area is 103 Å². The average molecular weight is 257 g/mol. The van der Waals surface area contributed by atoms with Crippen molar-refractivity contribution in [1.82, 2.24) is 5.43 Å². The monoisotopic (exact) mass is 256 g/mol. The lowest BCUT2D eigenvalue weighted by atomic mass is 9.92. The van der Waals surface area contributed by atoms with Gasteiger partial charge in [0.1, 0.15) is 5.60 Å². The first-order valence-electron chi connectivity index (χ1n) is 5.18. The minimum Gasteiger partial charge on any atom is -0.383 e. The van der Waals surface area contributed by atoms with Gasteiger partial charge < -0.3 is 9.84 Å². The SMILES string of the molecule is NNC(=O)c1cc(C2(O)CCOC2)ccc1Cl. The molecule has 1 fully saturated rings. The van der Waals surface area contributed by atoms with Crippen LogP contribution in [-0.2, 0) is 10.3 Å². The fraction of sp³-hybridized carbons (Fsp3) is 0.364. The first-order chi connectivity index (χ1) is 8.07. The molecule has 0 spiro atoms. The number of hydrogen-bond acceptors (Lipinski definition) is 4. The molecule has 1 unspecified atom stereocenters. The normalized spacial score (nSPS) is 23.7. The number of aliphatic hydroxyl groups is 1. The molecule has 1 amide bonds. The topological polar surface area (TPSA) is 84.6 Å². The molecule has 1 aliphatic heterocycles. The van der Waals surface area contributed by atoms with Crippen molar-refractivity contribution >= 4 is 17.5 Å². The molecule has 1 heterocycles. The maximum atomic E-state index is 11.5. The van der Waals surface area contributed by atoms with E-state index in [1.807, 2.05) is 5.43 Å². The number of nitrogens with one attached hydrogen (secondary N) is 1. The van der Waals surface area contributed by atoms with Crippen molar-refractivity contribution in [2.75, 3.05) is 13.2 Å². The van der Waals surface area contributed by atoms with E-state index in [2.05, 4.69) is 0 Å². The number of benzene rings is 1. The summed E-state index contributed by atoms with van der Waals surface area (Å²) in [5, 5.41) is 10.6. The average Bonchev–Trinajstić information content (AvgIpc) is 2.77. The minimum absolute atomic E-state index is 0.221. The first-order valence-corrected chi connectivity index (χ1v) is 5.56. The maximum Gasteiger partial charge on any atom is 0.266 e. The predicted octanol–water partition coefficient (Wildman–Crippen LogP) is 0.551. The highest BCUT2D eigenvalue weighted by molar-refractivity contribution is 6.33. The van der Waals surface area contributed by atoms with Gasteiger partial charge >= 0.3 is 0 Å². The molecule has 2 rings (SSSR count). The van der Waals surface area contributed by atoms with E-state index >= 15 is 0 Å². The summed E-state index contributed by atoms with van der Waals surface area (Å²) >= 11 is 5.89. The number of hydrazine groups is 1. The summed E-state index contributed by atoms with van der Waals surface area (Å²) in [5.41, 5.74) is 1.82. The summed E-state index contributed by atoms with van der Waals surface area (Å²) in [6.07, 6.45) is 0.498. The molecule has 0 saturated carbocycles. The number of halogens is 1. The van der Waals surface area contributed by atoms with Gasteiger partial charge in [0.05, 0.1) is 17.2 Å². The number of amides is 1. The van der Waals surface area contributed by atoms with E-state index in [9.17, 15) is 9.90 Å². The highest BCUT2D eigenvalue weighted by Gasteiger charge is 2.34. The first kappa shape index (κ1) is 12.3. The summed E-state index contributed by atoms with van der Waals surface area (Å²) < 4.78 is 5.16. The Morgan fingerprint density at radius 3 is 2.94 bits per heavy atom. The Morgan fingerprint density at radius 2 is 2.35 bits per heavy atom. The van der Waals surface area contributed by atoms with E-state index in [4.69, 9.17) is 22.2 Å². The van der Waals surface area contributed by atoms with Crippen molar-refractivity contribution in [3.63, 3.8) is 0 Å². The van der Waals surface area contributed by atoms with Gasteiger partial charge in [-0.1, -0.05) is 17.7 Å². The van der Waals surface area contributed by atoms with Crippen LogP contribution in [0.4, 0.5) is 0 Å². The van der Waals surface area contributed by atoms with Gasteiger partial charge in [-0.3, -0.25) is 10.2 Å². The Hall–Kier alpha value is -1.14. The second-order valence-corrected chi connectivity index (χ2v) is 4.41. The Bertz CT molecular complexity index is 444. The molecule has 4 N–H and O–H groups in total. The predicted molar refractivity (Wildman–Crippen MR) is 62.4 cm³/mol. The standard InChI is InChI=1S/C11H13ClN2O3/c12-9-2-1-7(5-8(9)10(15)14-13)11(16)3-4-17-6-11/h1-2,5,16H,3-4,6,13H2,(H,14,15). The summed E-state index contributed by atoms with van der Waals surface area (Å²) in [6.45, 7) is 0.718. The molecule has 1 aromatic carbocycles. The molecule has 1 aliphatic rings. The van der Waals surface area contributed by atoms with Crippen LogP contribution in [0.15, 0.2) is 18.2 Å². The smallest absolute Gasteiger partial charge is 0.266 e. The van der Waals surface area contributed by atoms with Crippen LogP contribution in [0.25, 0.3) is 0 Å². The fourth-order valence-corrected chi connectivity index (χ4v) is 2.05. The molecule has 17 heavy (non-hydrogen) atoms. The zero-order valence-electron chi connectivity index (χ0n) is 9.07. The van der Waals surface area contributed by atoms with Gasteiger partial charge in [-0.15, -0.1) is 0 Å². The van der Waals surface area contributed by atoms with E-state index < -0.39 is 11.5 Å². The van der Waals surface area contributed by atoms with Crippen LogP contribution in [0, 0.1) is 0 Å². The molecule has 5 nitrogen and oxygen atoms in total. The molecule has 1 atom stereocenters. The van der Waals surface area contributed by atoms with Crippen molar-refractivity contribution in [3.8, 4) is 0 Å². The zero-order valence-corrected chi connectivity index (χ0v) is 9.83. The number of nitrogen functional groups attached to an aromatic ring is 1. The molecule has 0 aromatic heterocycles. The molecule has 6 heteroatoms. The van der Waals surface area contributed by atoms with E-state index in [1.165, 1.54) is 0 Å². The van der Waals surface area contributed by atoms with E-state index in [0.29, 0.717) is 23.6 Å². The molecule has 0 aliphatic carbocycles. The number of nitrogens with two attached hydrogens (primary N) is 1. The van der Waals surface area contributed by atoms with Crippen LogP contribution in [0.1, 0.15) is 22.3 Å². The van der Waals surface area contributed by atoms with Gasteiger partial charge in [0, 0.05) is 13.0 Å². The summed E-state index contributed by atoms with van der Waals surface area (Å²) in [4.78, 5) is 11.5. The van der Waals surface area contributed by atoms with Crippen LogP contribution in [0.2, 0.25) is 5.02 Å². The molecular formula is C11H13ClN2O3. The fourth-order valence-electron chi connectivity index (χ4n) is 1.85. The number of carbonyl (C=O) groups excluding carboxylic acids is 1. The molecule has 0 radical (unpaired) electrons. The van der Waals surface area contributed by atoms with E-state index in [-0.39, 0.29) is 12.2 Å². The highest BCUT2D eigenvalue weighted by atomic mass is 35.5. The minimum atomic E-state index is -1.05. The lowest BCUT2D eigenvalue weighted by molar-refractivity contribution is 0.0231. The molecule has 1 saturated heterocycles. The van der Waals surface area contributed by atoms with Gasteiger partial charge in [0.15, 0.2) is 0 Å². The van der Waals surface area contributed by atoms with Crippen LogP contribution < -0.4 is 11.3 Å². The summed E-state index contributed by atoms with van der Waals surface area (Å²) in [7, 11) is 0. The Kier molecular flexibility index (Phi) is 3.35. The van der Waals surface area contributed by atoms with Gasteiger partial charge in [0.2, 0.25) is 0 Å². The van der Waals surface area contributed by atoms with Gasteiger partial charge in [-0.05, 0) is 17.7 Å². The number of hydrogen-bond donors (Lipinski definition) is 3. The third-order valence-electron chi connectivity index (χ3n) is 2.88. The number of carbonyl (C=O) groups is 1. The third kappa shape index (κ3) is 2.28. The molecule has 1 aromatic rings. The summed E-state index contributed by atoms with van der Waals surface area (Å²) in [5.74, 6) is 4.58. The van der Waals surface area contributed by atoms with Crippen molar-refractivity contribution in [2.45, 2.75) is 12.0 Å². The van der Waals surface area contributed by atoms with Crippen LogP contribution >= 0.6 is 11.6 Å². The zero-order chi connectivity index (χ0) is 12.5.